The lowest BCUT2D eigenvalue weighted by molar-refractivity contribution is -0.385. The van der Waals surface area contributed by atoms with Crippen molar-refractivity contribution in [1.29, 1.82) is 0 Å². The van der Waals surface area contributed by atoms with Crippen molar-refractivity contribution >= 4 is 40.6 Å². The molecule has 1 atom stereocenters. The minimum absolute atomic E-state index is 0.170. The second-order valence-electron chi connectivity index (χ2n) is 6.41. The maximum atomic E-state index is 12.7. The van der Waals surface area contributed by atoms with Gasteiger partial charge in [0.15, 0.2) is 5.82 Å². The Morgan fingerprint density at radius 3 is 2.72 bits per heavy atom. The van der Waals surface area contributed by atoms with Crippen molar-refractivity contribution in [2.75, 3.05) is 5.32 Å². The van der Waals surface area contributed by atoms with Gasteiger partial charge in [-0.05, 0) is 31.0 Å². The molecule has 0 aliphatic carbocycles. The molecule has 0 fully saturated rings. The summed E-state index contributed by atoms with van der Waals surface area (Å²) in [5.74, 6) is 0.0114. The second kappa shape index (κ2) is 8.62. The zero-order chi connectivity index (χ0) is 21.1. The number of carbonyl (C=O) groups excluding carboxylic acids is 1. The van der Waals surface area contributed by atoms with E-state index in [0.29, 0.717) is 28.8 Å². The number of halogens is 2. The minimum atomic E-state index is -0.695. The van der Waals surface area contributed by atoms with Crippen LogP contribution in [-0.2, 0) is 11.3 Å². The molecule has 3 aromatic rings. The fourth-order valence-electron chi connectivity index (χ4n) is 2.84. The number of aromatic nitrogens is 4. The predicted octanol–water partition coefficient (Wildman–Crippen LogP) is 4.24. The molecule has 11 heteroatoms. The summed E-state index contributed by atoms with van der Waals surface area (Å²) in [7, 11) is 0. The first kappa shape index (κ1) is 20.8. The van der Waals surface area contributed by atoms with Crippen LogP contribution in [0.1, 0.15) is 30.6 Å². The Bertz CT molecular complexity index is 1060. The SMILES string of the molecule is CCC(C(=O)Nc1cc(C)n(Cc2ccc(Cl)cc2Cl)n1)n1cc([N+](=O)[O-])cn1. The average molecular weight is 437 g/mol. The Morgan fingerprint density at radius 1 is 1.34 bits per heavy atom. The van der Waals surface area contributed by atoms with Crippen LogP contribution >= 0.6 is 23.2 Å². The molecule has 0 saturated carbocycles. The van der Waals surface area contributed by atoms with Gasteiger partial charge < -0.3 is 5.32 Å². The van der Waals surface area contributed by atoms with Gasteiger partial charge in [-0.25, -0.2) is 0 Å². The van der Waals surface area contributed by atoms with E-state index in [2.05, 4.69) is 15.5 Å². The molecule has 0 radical (unpaired) electrons. The van der Waals surface area contributed by atoms with Crippen LogP contribution < -0.4 is 5.32 Å². The van der Waals surface area contributed by atoms with Gasteiger partial charge in [0.1, 0.15) is 18.4 Å². The van der Waals surface area contributed by atoms with Crippen LogP contribution in [0.2, 0.25) is 10.0 Å². The fraction of sp³-hybridized carbons (Fsp3) is 0.278. The van der Waals surface area contributed by atoms with E-state index >= 15 is 0 Å². The van der Waals surface area contributed by atoms with E-state index in [0.717, 1.165) is 17.5 Å². The molecule has 1 unspecified atom stereocenters. The molecular weight excluding hydrogens is 419 g/mol. The first-order valence-corrected chi connectivity index (χ1v) is 9.52. The lowest BCUT2D eigenvalue weighted by Crippen LogP contribution is -2.26. The molecule has 0 aliphatic heterocycles. The van der Waals surface area contributed by atoms with Crippen LogP contribution in [0, 0.1) is 17.0 Å². The molecule has 29 heavy (non-hydrogen) atoms. The van der Waals surface area contributed by atoms with E-state index in [1.165, 1.54) is 10.9 Å². The number of rotatable bonds is 7. The zero-order valence-electron chi connectivity index (χ0n) is 15.7. The fourth-order valence-corrected chi connectivity index (χ4v) is 3.31. The summed E-state index contributed by atoms with van der Waals surface area (Å²) in [6.45, 7) is 4.07. The lowest BCUT2D eigenvalue weighted by Gasteiger charge is -2.14. The Labute approximate surface area is 176 Å². The summed E-state index contributed by atoms with van der Waals surface area (Å²) in [5, 5.41) is 23.0. The quantitative estimate of drug-likeness (QED) is 0.439. The number of aryl methyl sites for hydroxylation is 1. The van der Waals surface area contributed by atoms with Crippen molar-refractivity contribution in [1.82, 2.24) is 19.6 Å². The molecule has 2 heterocycles. The molecule has 0 spiro atoms. The minimum Gasteiger partial charge on any atom is -0.307 e. The maximum Gasteiger partial charge on any atom is 0.307 e. The molecular formula is C18H18Cl2N6O3. The van der Waals surface area contributed by atoms with Gasteiger partial charge in [-0.2, -0.15) is 10.2 Å². The van der Waals surface area contributed by atoms with Crippen molar-refractivity contribution in [2.45, 2.75) is 32.9 Å². The van der Waals surface area contributed by atoms with Crippen molar-refractivity contribution in [3.8, 4) is 0 Å². The second-order valence-corrected chi connectivity index (χ2v) is 7.26. The highest BCUT2D eigenvalue weighted by Crippen LogP contribution is 2.23. The molecule has 1 amide bonds. The standard InChI is InChI=1S/C18H18Cl2N6O3/c1-3-16(25-10-14(8-21-25)26(28)29)18(27)22-17-6-11(2)24(23-17)9-12-4-5-13(19)7-15(12)20/h4-8,10,16H,3,9H2,1-2H3,(H,22,23,27). The summed E-state index contributed by atoms with van der Waals surface area (Å²) in [6, 6.07) is 6.27. The highest BCUT2D eigenvalue weighted by molar-refractivity contribution is 6.35. The van der Waals surface area contributed by atoms with Gasteiger partial charge in [0.05, 0.1) is 11.5 Å². The summed E-state index contributed by atoms with van der Waals surface area (Å²) in [6.07, 6.45) is 2.76. The van der Waals surface area contributed by atoms with Gasteiger partial charge in [0, 0.05) is 21.8 Å². The first-order chi connectivity index (χ1) is 13.8. The van der Waals surface area contributed by atoms with E-state index in [1.54, 1.807) is 29.8 Å². The zero-order valence-corrected chi connectivity index (χ0v) is 17.2. The van der Waals surface area contributed by atoms with Crippen molar-refractivity contribution < 1.29 is 9.72 Å². The van der Waals surface area contributed by atoms with Crippen LogP contribution in [0.3, 0.4) is 0 Å². The Balaban J connectivity index is 1.74. The topological polar surface area (TPSA) is 108 Å². The Morgan fingerprint density at radius 2 is 2.10 bits per heavy atom. The third kappa shape index (κ3) is 4.75. The summed E-state index contributed by atoms with van der Waals surface area (Å²) >= 11 is 12.1. The number of nitro groups is 1. The number of nitrogens with one attached hydrogen (secondary N) is 1. The van der Waals surface area contributed by atoms with E-state index in [9.17, 15) is 14.9 Å². The number of nitrogens with zero attached hydrogens (tertiary/aromatic N) is 5. The van der Waals surface area contributed by atoms with Gasteiger partial charge >= 0.3 is 5.69 Å². The van der Waals surface area contributed by atoms with Crippen molar-refractivity contribution in [2.24, 2.45) is 0 Å². The molecule has 1 N–H and O–H groups in total. The molecule has 3 rings (SSSR count). The van der Waals surface area contributed by atoms with Gasteiger partial charge in [-0.15, -0.1) is 0 Å². The normalized spacial score (nSPS) is 12.0. The first-order valence-electron chi connectivity index (χ1n) is 8.76. The molecule has 2 aromatic heterocycles. The van der Waals surface area contributed by atoms with Crippen LogP contribution in [0.5, 0.6) is 0 Å². The third-order valence-electron chi connectivity index (χ3n) is 4.38. The monoisotopic (exact) mass is 436 g/mol. The van der Waals surface area contributed by atoms with Crippen LogP contribution in [0.4, 0.5) is 11.5 Å². The van der Waals surface area contributed by atoms with Crippen molar-refractivity contribution in [3.63, 3.8) is 0 Å². The molecule has 9 nitrogen and oxygen atoms in total. The number of carbonyl (C=O) groups is 1. The summed E-state index contributed by atoms with van der Waals surface area (Å²) in [5.41, 5.74) is 1.50. The number of anilines is 1. The predicted molar refractivity (Wildman–Crippen MR) is 109 cm³/mol. The smallest absolute Gasteiger partial charge is 0.307 e. The van der Waals surface area contributed by atoms with Gasteiger partial charge in [-0.3, -0.25) is 24.3 Å². The van der Waals surface area contributed by atoms with Crippen LogP contribution in [0.15, 0.2) is 36.7 Å². The van der Waals surface area contributed by atoms with E-state index in [-0.39, 0.29) is 11.6 Å². The number of hydrogen-bond donors (Lipinski definition) is 1. The van der Waals surface area contributed by atoms with Crippen LogP contribution in [0.25, 0.3) is 0 Å². The average Bonchev–Trinajstić information content (AvgIpc) is 3.25. The molecule has 152 valence electrons. The summed E-state index contributed by atoms with van der Waals surface area (Å²) in [4.78, 5) is 23.0. The van der Waals surface area contributed by atoms with E-state index < -0.39 is 11.0 Å². The van der Waals surface area contributed by atoms with Gasteiger partial charge in [-0.1, -0.05) is 36.2 Å². The Kier molecular flexibility index (Phi) is 6.19. The third-order valence-corrected chi connectivity index (χ3v) is 4.96. The number of hydrogen-bond acceptors (Lipinski definition) is 5. The maximum absolute atomic E-state index is 12.7. The molecule has 0 saturated heterocycles. The number of amides is 1. The van der Waals surface area contributed by atoms with Gasteiger partial charge in [0.25, 0.3) is 0 Å². The largest absolute Gasteiger partial charge is 0.307 e. The molecule has 0 aliphatic rings. The highest BCUT2D eigenvalue weighted by atomic mass is 35.5. The molecule has 1 aromatic carbocycles. The van der Waals surface area contributed by atoms with Crippen LogP contribution in [-0.4, -0.2) is 30.4 Å². The highest BCUT2D eigenvalue weighted by Gasteiger charge is 2.23. The van der Waals surface area contributed by atoms with E-state index in [1.807, 2.05) is 13.0 Å². The molecule has 0 bridgehead atoms. The summed E-state index contributed by atoms with van der Waals surface area (Å²) < 4.78 is 3.00. The van der Waals surface area contributed by atoms with E-state index in [4.69, 9.17) is 23.2 Å². The van der Waals surface area contributed by atoms with Gasteiger partial charge in [0.2, 0.25) is 5.91 Å². The van der Waals surface area contributed by atoms with Crippen molar-refractivity contribution in [3.05, 3.63) is 68.1 Å². The lowest BCUT2D eigenvalue weighted by atomic mass is 10.2. The Hall–Kier alpha value is -2.91. The number of benzene rings is 1.